The second-order valence-corrected chi connectivity index (χ2v) is 8.23. The molecule has 8 nitrogen and oxygen atoms in total. The van der Waals surface area contributed by atoms with Crippen LogP contribution in [0.1, 0.15) is 12.0 Å². The maximum absolute atomic E-state index is 12.8. The smallest absolute Gasteiger partial charge is 0.251 e. The predicted octanol–water partition coefficient (Wildman–Crippen LogP) is 3.18. The highest BCUT2D eigenvalue weighted by Crippen LogP contribution is 2.28. The van der Waals surface area contributed by atoms with Gasteiger partial charge >= 0.3 is 0 Å². The van der Waals surface area contributed by atoms with E-state index in [9.17, 15) is 9.59 Å². The first-order valence-corrected chi connectivity index (χ1v) is 11.0. The van der Waals surface area contributed by atoms with Crippen molar-refractivity contribution in [1.82, 2.24) is 14.8 Å². The van der Waals surface area contributed by atoms with Crippen LogP contribution in [0.3, 0.4) is 0 Å². The zero-order chi connectivity index (χ0) is 23.5. The number of thiocarbonyl (C=S) groups is 1. The topological polar surface area (TPSA) is 86.9 Å². The molecule has 0 aliphatic carbocycles. The number of fused-ring (bicyclic) bond motifs is 1. The van der Waals surface area contributed by atoms with Gasteiger partial charge in [0.05, 0.1) is 20.6 Å². The highest BCUT2D eigenvalue weighted by molar-refractivity contribution is 7.80. The normalized spacial score (nSPS) is 15.9. The van der Waals surface area contributed by atoms with Crippen LogP contribution >= 0.6 is 12.2 Å². The molecule has 0 radical (unpaired) electrons. The van der Waals surface area contributed by atoms with Crippen molar-refractivity contribution in [2.24, 2.45) is 0 Å². The zero-order valence-corrected chi connectivity index (χ0v) is 19.6. The molecule has 1 aliphatic heterocycles. The summed E-state index contributed by atoms with van der Waals surface area (Å²) in [4.78, 5) is 32.0. The number of aromatic nitrogens is 1. The van der Waals surface area contributed by atoms with E-state index in [1.165, 1.54) is 4.90 Å². The molecule has 2 heterocycles. The summed E-state index contributed by atoms with van der Waals surface area (Å²) in [6.07, 6.45) is 2.49. The first kappa shape index (κ1) is 22.6. The third kappa shape index (κ3) is 4.63. The monoisotopic (exact) mass is 466 g/mol. The van der Waals surface area contributed by atoms with E-state index in [0.717, 1.165) is 16.5 Å². The lowest BCUT2D eigenvalue weighted by Crippen LogP contribution is -2.39. The van der Waals surface area contributed by atoms with Gasteiger partial charge in [-0.05, 0) is 59.9 Å². The van der Waals surface area contributed by atoms with Crippen molar-refractivity contribution in [2.45, 2.75) is 18.9 Å². The van der Waals surface area contributed by atoms with Gasteiger partial charge in [0.15, 0.2) is 16.6 Å². The number of amides is 2. The maximum Gasteiger partial charge on any atom is 0.251 e. The summed E-state index contributed by atoms with van der Waals surface area (Å²) in [6, 6.07) is 12.7. The summed E-state index contributed by atoms with van der Waals surface area (Å²) >= 11 is 5.50. The molecule has 4 rings (SSSR count). The molecule has 0 saturated carbocycles. The number of rotatable bonds is 8. The molecule has 1 saturated heterocycles. The molecule has 3 aromatic rings. The van der Waals surface area contributed by atoms with Gasteiger partial charge in [0.2, 0.25) is 5.91 Å². The Balaban J connectivity index is 1.44. The number of anilines is 1. The van der Waals surface area contributed by atoms with Crippen LogP contribution in [0.15, 0.2) is 48.7 Å². The van der Waals surface area contributed by atoms with E-state index in [1.807, 2.05) is 53.6 Å². The van der Waals surface area contributed by atoms with Crippen molar-refractivity contribution in [2.75, 3.05) is 33.1 Å². The highest BCUT2D eigenvalue weighted by Gasteiger charge is 2.41. The van der Waals surface area contributed by atoms with Crippen LogP contribution < -0.4 is 14.8 Å². The fourth-order valence-corrected chi connectivity index (χ4v) is 4.33. The van der Waals surface area contributed by atoms with Crippen molar-refractivity contribution in [3.63, 3.8) is 0 Å². The van der Waals surface area contributed by atoms with Crippen molar-refractivity contribution in [3.05, 3.63) is 54.2 Å². The Morgan fingerprint density at radius 1 is 1.12 bits per heavy atom. The lowest BCUT2D eigenvalue weighted by molar-refractivity contribution is -0.130. The Morgan fingerprint density at radius 2 is 1.91 bits per heavy atom. The number of carbonyl (C=O) groups is 2. The Bertz CT molecular complexity index is 1210. The number of ether oxygens (including phenoxy) is 2. The molecule has 9 heteroatoms. The summed E-state index contributed by atoms with van der Waals surface area (Å²) in [5, 5.41) is 4.38. The standard InChI is InChI=1S/C24H26N4O4S/c1-27-23(30)19(14-22(29)26-17-6-5-16-8-10-25-18(16)13-17)28(24(27)33)11-9-15-4-7-20(31-2)21(12-15)32-3/h4-8,10,12-13,19,25H,9,11,14H2,1-3H3,(H,26,29). The van der Waals surface area contributed by atoms with Gasteiger partial charge in [-0.3, -0.25) is 14.5 Å². The molecule has 2 amide bonds. The van der Waals surface area contributed by atoms with Gasteiger partial charge in [-0.15, -0.1) is 0 Å². The van der Waals surface area contributed by atoms with Gasteiger partial charge in [-0.2, -0.15) is 0 Å². The molecule has 1 aromatic heterocycles. The SMILES string of the molecule is COc1ccc(CCN2C(=S)N(C)C(=O)C2CC(=O)Nc2ccc3cc[nH]c3c2)cc1OC. The second kappa shape index (κ2) is 9.50. The summed E-state index contributed by atoms with van der Waals surface area (Å²) in [6.45, 7) is 0.497. The van der Waals surface area contributed by atoms with Crippen molar-refractivity contribution < 1.29 is 19.1 Å². The van der Waals surface area contributed by atoms with Crippen molar-refractivity contribution in [3.8, 4) is 11.5 Å². The van der Waals surface area contributed by atoms with Gasteiger partial charge in [0, 0.05) is 31.0 Å². The molecule has 2 aromatic carbocycles. The lowest BCUT2D eigenvalue weighted by atomic mass is 10.1. The quantitative estimate of drug-likeness (QED) is 0.496. The van der Waals surface area contributed by atoms with Gasteiger partial charge in [0.1, 0.15) is 6.04 Å². The first-order chi connectivity index (χ1) is 15.9. The molecule has 2 N–H and O–H groups in total. The number of nitrogens with one attached hydrogen (secondary N) is 2. The summed E-state index contributed by atoms with van der Waals surface area (Å²) in [5.41, 5.74) is 2.62. The number of likely N-dealkylation sites (N-methyl/N-ethyl adjacent to an activating group) is 1. The second-order valence-electron chi connectivity index (χ2n) is 7.86. The number of H-pyrrole nitrogens is 1. The Morgan fingerprint density at radius 3 is 2.67 bits per heavy atom. The van der Waals surface area contributed by atoms with Gasteiger partial charge < -0.3 is 24.7 Å². The largest absolute Gasteiger partial charge is 0.493 e. The van der Waals surface area contributed by atoms with E-state index >= 15 is 0 Å². The molecule has 33 heavy (non-hydrogen) atoms. The number of nitrogens with zero attached hydrogens (tertiary/aromatic N) is 2. The minimum atomic E-state index is -0.642. The molecular weight excluding hydrogens is 440 g/mol. The minimum absolute atomic E-state index is 0.0119. The summed E-state index contributed by atoms with van der Waals surface area (Å²) in [7, 11) is 4.83. The van der Waals surface area contributed by atoms with Crippen LogP contribution in [0.4, 0.5) is 5.69 Å². The van der Waals surface area contributed by atoms with Crippen LogP contribution in [-0.2, 0) is 16.0 Å². The molecular formula is C24H26N4O4S. The van der Waals surface area contributed by atoms with Gasteiger partial charge in [-0.1, -0.05) is 12.1 Å². The number of aromatic amines is 1. The summed E-state index contributed by atoms with van der Waals surface area (Å²) in [5.74, 6) is 0.873. The van der Waals surface area contributed by atoms with Crippen LogP contribution in [0.25, 0.3) is 10.9 Å². The van der Waals surface area contributed by atoms with Crippen LogP contribution in [0.5, 0.6) is 11.5 Å². The Labute approximate surface area is 197 Å². The third-order valence-corrected chi connectivity index (χ3v) is 6.34. The third-order valence-electron chi connectivity index (χ3n) is 5.83. The lowest BCUT2D eigenvalue weighted by Gasteiger charge is -2.23. The number of hydrogen-bond donors (Lipinski definition) is 2. The van der Waals surface area contributed by atoms with Crippen LogP contribution in [-0.4, -0.2) is 65.6 Å². The Kier molecular flexibility index (Phi) is 6.50. The molecule has 1 unspecified atom stereocenters. The zero-order valence-electron chi connectivity index (χ0n) is 18.8. The molecule has 1 fully saturated rings. The van der Waals surface area contributed by atoms with Gasteiger partial charge in [0.25, 0.3) is 5.91 Å². The molecule has 1 atom stereocenters. The fraction of sp³-hybridized carbons (Fsp3) is 0.292. The molecule has 1 aliphatic rings. The minimum Gasteiger partial charge on any atom is -0.493 e. The van der Waals surface area contributed by atoms with E-state index < -0.39 is 6.04 Å². The van der Waals surface area contributed by atoms with Crippen LogP contribution in [0.2, 0.25) is 0 Å². The number of carbonyl (C=O) groups excluding carboxylic acids is 2. The van der Waals surface area contributed by atoms with E-state index in [1.54, 1.807) is 21.3 Å². The van der Waals surface area contributed by atoms with Crippen LogP contribution in [0, 0.1) is 0 Å². The average molecular weight is 467 g/mol. The average Bonchev–Trinajstić information content (AvgIpc) is 3.36. The Hall–Kier alpha value is -3.59. The molecule has 0 spiro atoms. The summed E-state index contributed by atoms with van der Waals surface area (Å²) < 4.78 is 10.7. The number of methoxy groups -OCH3 is 2. The number of benzene rings is 2. The van der Waals surface area contributed by atoms with Crippen molar-refractivity contribution in [1.29, 1.82) is 0 Å². The first-order valence-electron chi connectivity index (χ1n) is 10.6. The predicted molar refractivity (Wildman–Crippen MR) is 131 cm³/mol. The van der Waals surface area contributed by atoms with E-state index in [-0.39, 0.29) is 18.2 Å². The van der Waals surface area contributed by atoms with E-state index in [4.69, 9.17) is 21.7 Å². The van der Waals surface area contributed by atoms with E-state index in [2.05, 4.69) is 10.3 Å². The van der Waals surface area contributed by atoms with E-state index in [0.29, 0.717) is 35.3 Å². The fourth-order valence-electron chi connectivity index (χ4n) is 4.02. The molecule has 172 valence electrons. The van der Waals surface area contributed by atoms with Crippen molar-refractivity contribution >= 4 is 45.7 Å². The highest BCUT2D eigenvalue weighted by atomic mass is 32.1. The number of hydrogen-bond acceptors (Lipinski definition) is 5. The maximum atomic E-state index is 12.8. The van der Waals surface area contributed by atoms with Gasteiger partial charge in [-0.25, -0.2) is 0 Å². The molecule has 0 bridgehead atoms.